The molecule has 1 aliphatic rings. The van der Waals surface area contributed by atoms with Crippen LogP contribution in [0.5, 0.6) is 0 Å². The molecule has 0 bridgehead atoms. The van der Waals surface area contributed by atoms with E-state index in [2.05, 4.69) is 21.8 Å². The van der Waals surface area contributed by atoms with Gasteiger partial charge in [-0.05, 0) is 17.7 Å². The molecule has 0 saturated carbocycles. The highest BCUT2D eigenvalue weighted by atomic mass is 32.2. The SMILES string of the molecule is O=C(CCNS(=O)(=O)c1ccccc1F)N1CCN(C/C=C/c2ccccc2)CC1. The van der Waals surface area contributed by atoms with E-state index in [1.165, 1.54) is 18.2 Å². The van der Waals surface area contributed by atoms with Gasteiger partial charge in [-0.1, -0.05) is 54.6 Å². The van der Waals surface area contributed by atoms with Gasteiger partial charge < -0.3 is 4.90 Å². The zero-order valence-corrected chi connectivity index (χ0v) is 17.5. The summed E-state index contributed by atoms with van der Waals surface area (Å²) in [5.74, 6) is -0.917. The van der Waals surface area contributed by atoms with Crippen LogP contribution in [-0.4, -0.2) is 63.4 Å². The van der Waals surface area contributed by atoms with Gasteiger partial charge >= 0.3 is 0 Å². The number of piperazine rings is 1. The van der Waals surface area contributed by atoms with Crippen molar-refractivity contribution in [3.8, 4) is 0 Å². The minimum atomic E-state index is -3.97. The van der Waals surface area contributed by atoms with Crippen LogP contribution in [0.15, 0.2) is 65.6 Å². The van der Waals surface area contributed by atoms with Gasteiger partial charge in [0.25, 0.3) is 0 Å². The van der Waals surface area contributed by atoms with Crippen molar-refractivity contribution in [1.82, 2.24) is 14.5 Å². The zero-order valence-electron chi connectivity index (χ0n) is 16.7. The lowest BCUT2D eigenvalue weighted by molar-refractivity contribution is -0.132. The molecule has 1 fully saturated rings. The number of halogens is 1. The van der Waals surface area contributed by atoms with Crippen molar-refractivity contribution in [3.63, 3.8) is 0 Å². The van der Waals surface area contributed by atoms with Gasteiger partial charge in [0.15, 0.2) is 0 Å². The van der Waals surface area contributed by atoms with Gasteiger partial charge in [0.05, 0.1) is 0 Å². The first-order valence-corrected chi connectivity index (χ1v) is 11.4. The maximum atomic E-state index is 13.7. The lowest BCUT2D eigenvalue weighted by Gasteiger charge is -2.34. The average molecular weight is 432 g/mol. The van der Waals surface area contributed by atoms with Crippen LogP contribution in [-0.2, 0) is 14.8 Å². The van der Waals surface area contributed by atoms with Gasteiger partial charge in [0.2, 0.25) is 15.9 Å². The minimum Gasteiger partial charge on any atom is -0.340 e. The van der Waals surface area contributed by atoms with Crippen LogP contribution in [0.25, 0.3) is 6.08 Å². The highest BCUT2D eigenvalue weighted by Crippen LogP contribution is 2.13. The molecule has 0 aromatic heterocycles. The largest absolute Gasteiger partial charge is 0.340 e. The van der Waals surface area contributed by atoms with Gasteiger partial charge in [0.1, 0.15) is 10.7 Å². The summed E-state index contributed by atoms with van der Waals surface area (Å²) in [7, 11) is -3.97. The van der Waals surface area contributed by atoms with Gasteiger partial charge in [-0.15, -0.1) is 0 Å². The number of rotatable bonds is 8. The van der Waals surface area contributed by atoms with E-state index < -0.39 is 20.7 Å². The van der Waals surface area contributed by atoms with Crippen molar-refractivity contribution < 1.29 is 17.6 Å². The molecule has 0 spiro atoms. The van der Waals surface area contributed by atoms with Crippen LogP contribution < -0.4 is 4.72 Å². The molecule has 1 N–H and O–H groups in total. The van der Waals surface area contributed by atoms with Gasteiger partial charge in [-0.2, -0.15) is 0 Å². The van der Waals surface area contributed by atoms with Crippen LogP contribution in [0.3, 0.4) is 0 Å². The number of carbonyl (C=O) groups excluding carboxylic acids is 1. The molecule has 1 heterocycles. The van der Waals surface area contributed by atoms with Gasteiger partial charge in [-0.25, -0.2) is 17.5 Å². The summed E-state index contributed by atoms with van der Waals surface area (Å²) in [6.45, 7) is 3.52. The fourth-order valence-electron chi connectivity index (χ4n) is 3.27. The van der Waals surface area contributed by atoms with Crippen molar-refractivity contribution >= 4 is 22.0 Å². The number of sulfonamides is 1. The number of amides is 1. The number of nitrogens with zero attached hydrogens (tertiary/aromatic N) is 2. The Labute approximate surface area is 177 Å². The molecule has 1 amide bonds. The first kappa shape index (κ1) is 22.1. The normalized spacial score (nSPS) is 15.6. The second-order valence-corrected chi connectivity index (χ2v) is 8.81. The molecule has 3 rings (SSSR count). The molecule has 0 aliphatic carbocycles. The third-order valence-electron chi connectivity index (χ3n) is 4.96. The lowest BCUT2D eigenvalue weighted by Crippen LogP contribution is -2.49. The third-order valence-corrected chi connectivity index (χ3v) is 6.45. The Morgan fingerprint density at radius 1 is 1.00 bits per heavy atom. The molecule has 2 aromatic rings. The number of hydrogen-bond donors (Lipinski definition) is 1. The molecule has 8 heteroatoms. The summed E-state index contributed by atoms with van der Waals surface area (Å²) in [6.07, 6.45) is 4.24. The highest BCUT2D eigenvalue weighted by Gasteiger charge is 2.22. The quantitative estimate of drug-likeness (QED) is 0.697. The van der Waals surface area contributed by atoms with E-state index in [9.17, 15) is 17.6 Å². The maximum absolute atomic E-state index is 13.7. The van der Waals surface area contributed by atoms with Crippen molar-refractivity contribution in [3.05, 3.63) is 72.1 Å². The molecule has 0 radical (unpaired) electrons. The summed E-state index contributed by atoms with van der Waals surface area (Å²) in [5, 5.41) is 0. The summed E-state index contributed by atoms with van der Waals surface area (Å²) < 4.78 is 40.3. The van der Waals surface area contributed by atoms with Crippen molar-refractivity contribution in [2.24, 2.45) is 0 Å². The standard InChI is InChI=1S/C22H26FN3O3S/c23-20-10-4-5-11-21(20)30(28,29)24-13-12-22(27)26-17-15-25(16-18-26)14-6-9-19-7-2-1-3-8-19/h1-11,24H,12-18H2/b9-6+. The van der Waals surface area contributed by atoms with Crippen LogP contribution >= 0.6 is 0 Å². The summed E-state index contributed by atoms with van der Waals surface area (Å²) in [4.78, 5) is 16.0. The Bertz CT molecular complexity index is 972. The molecular formula is C22H26FN3O3S. The van der Waals surface area contributed by atoms with Crippen LogP contribution in [0.2, 0.25) is 0 Å². The number of benzene rings is 2. The van der Waals surface area contributed by atoms with Crippen molar-refractivity contribution in [2.45, 2.75) is 11.3 Å². The van der Waals surface area contributed by atoms with E-state index in [1.54, 1.807) is 4.90 Å². The Kier molecular flexibility index (Phi) is 7.73. The van der Waals surface area contributed by atoms with Crippen molar-refractivity contribution in [2.75, 3.05) is 39.3 Å². The topological polar surface area (TPSA) is 69.7 Å². The molecule has 30 heavy (non-hydrogen) atoms. The minimum absolute atomic E-state index is 0.0432. The number of carbonyl (C=O) groups is 1. The number of hydrogen-bond acceptors (Lipinski definition) is 4. The summed E-state index contributed by atoms with van der Waals surface area (Å²) >= 11 is 0. The third kappa shape index (κ3) is 6.22. The molecule has 0 unspecified atom stereocenters. The van der Waals surface area contributed by atoms with Crippen LogP contribution in [0.1, 0.15) is 12.0 Å². The Balaban J connectivity index is 1.39. The Morgan fingerprint density at radius 2 is 1.67 bits per heavy atom. The van der Waals surface area contributed by atoms with Crippen molar-refractivity contribution in [1.29, 1.82) is 0 Å². The van der Waals surface area contributed by atoms with Gasteiger partial charge in [-0.3, -0.25) is 9.69 Å². The predicted molar refractivity (Wildman–Crippen MR) is 115 cm³/mol. The van der Waals surface area contributed by atoms with Gasteiger partial charge in [0, 0.05) is 45.7 Å². The first-order valence-electron chi connectivity index (χ1n) is 9.91. The van der Waals surface area contributed by atoms with Crippen LogP contribution in [0.4, 0.5) is 4.39 Å². The highest BCUT2D eigenvalue weighted by molar-refractivity contribution is 7.89. The molecule has 160 valence electrons. The lowest BCUT2D eigenvalue weighted by atomic mass is 10.2. The van der Waals surface area contributed by atoms with E-state index in [1.807, 2.05) is 30.3 Å². The Morgan fingerprint density at radius 3 is 2.37 bits per heavy atom. The Hall–Kier alpha value is -2.55. The monoisotopic (exact) mass is 431 g/mol. The van der Waals surface area contributed by atoms with E-state index in [-0.39, 0.29) is 18.9 Å². The molecule has 1 aliphatic heterocycles. The second kappa shape index (κ2) is 10.5. The van der Waals surface area contributed by atoms with E-state index in [0.717, 1.165) is 31.3 Å². The second-order valence-electron chi connectivity index (χ2n) is 7.07. The smallest absolute Gasteiger partial charge is 0.243 e. The van der Waals surface area contributed by atoms with Crippen LogP contribution in [0, 0.1) is 5.82 Å². The fraction of sp³-hybridized carbons (Fsp3) is 0.318. The molecule has 2 aromatic carbocycles. The maximum Gasteiger partial charge on any atom is 0.243 e. The molecule has 0 atom stereocenters. The zero-order chi connectivity index (χ0) is 21.4. The first-order chi connectivity index (χ1) is 14.5. The summed E-state index contributed by atoms with van der Waals surface area (Å²) in [6, 6.07) is 15.3. The predicted octanol–water partition coefficient (Wildman–Crippen LogP) is 2.35. The fourth-order valence-corrected chi connectivity index (χ4v) is 4.38. The summed E-state index contributed by atoms with van der Waals surface area (Å²) in [5.41, 5.74) is 1.16. The van der Waals surface area contributed by atoms with E-state index in [4.69, 9.17) is 0 Å². The van der Waals surface area contributed by atoms with E-state index >= 15 is 0 Å². The number of nitrogens with one attached hydrogen (secondary N) is 1. The van der Waals surface area contributed by atoms with E-state index in [0.29, 0.717) is 13.1 Å². The molecular weight excluding hydrogens is 405 g/mol. The molecule has 6 nitrogen and oxygen atoms in total. The average Bonchev–Trinajstić information content (AvgIpc) is 2.75. The molecule has 1 saturated heterocycles.